The third-order valence-electron chi connectivity index (χ3n) is 4.87. The Morgan fingerprint density at radius 3 is 2.80 bits per heavy atom. The van der Waals surface area contributed by atoms with E-state index in [9.17, 15) is 4.79 Å². The van der Waals surface area contributed by atoms with Crippen LogP contribution in [0.1, 0.15) is 12.8 Å². The Hall–Kier alpha value is -2.35. The molecule has 0 spiro atoms. The third kappa shape index (κ3) is 4.38. The van der Waals surface area contributed by atoms with Crippen LogP contribution in [0.15, 0.2) is 50.1 Å². The fourth-order valence-corrected chi connectivity index (χ4v) is 3.99. The van der Waals surface area contributed by atoms with Crippen molar-refractivity contribution in [1.82, 2.24) is 14.9 Å². The highest BCUT2D eigenvalue weighted by molar-refractivity contribution is 9.10. The van der Waals surface area contributed by atoms with E-state index in [0.29, 0.717) is 27.5 Å². The summed E-state index contributed by atoms with van der Waals surface area (Å²) in [5.74, 6) is 0.415. The Bertz CT molecular complexity index is 1270. The van der Waals surface area contributed by atoms with Crippen molar-refractivity contribution in [3.63, 3.8) is 0 Å². The summed E-state index contributed by atoms with van der Waals surface area (Å²) in [5, 5.41) is 4.68. The van der Waals surface area contributed by atoms with Crippen LogP contribution in [0.4, 0.5) is 5.69 Å². The summed E-state index contributed by atoms with van der Waals surface area (Å²) in [7, 11) is 4.15. The SMILES string of the molecule is CN(C)CCCCNc1ccc(-c2nc3c(oc4ccc(Br)cc43)c(=O)[nH]2)c(Cl)c1. The molecule has 0 amide bonds. The molecule has 2 aromatic heterocycles. The summed E-state index contributed by atoms with van der Waals surface area (Å²) in [6.45, 7) is 1.95. The average Bonchev–Trinajstić information content (AvgIpc) is 3.06. The van der Waals surface area contributed by atoms with E-state index in [1.54, 1.807) is 0 Å². The second-order valence-electron chi connectivity index (χ2n) is 7.47. The first-order valence-corrected chi connectivity index (χ1v) is 10.9. The Morgan fingerprint density at radius 2 is 2.03 bits per heavy atom. The molecule has 0 unspecified atom stereocenters. The molecule has 0 radical (unpaired) electrons. The maximum Gasteiger partial charge on any atom is 0.294 e. The van der Waals surface area contributed by atoms with Gasteiger partial charge in [0.2, 0.25) is 5.58 Å². The van der Waals surface area contributed by atoms with Crippen LogP contribution in [0, 0.1) is 0 Å². The maximum absolute atomic E-state index is 12.6. The first kappa shape index (κ1) is 20.9. The molecule has 2 aromatic carbocycles. The van der Waals surface area contributed by atoms with Crippen LogP contribution in [0.3, 0.4) is 0 Å². The van der Waals surface area contributed by atoms with E-state index in [2.05, 4.69) is 50.2 Å². The number of unbranched alkanes of at least 4 members (excludes halogenated alkanes) is 1. The summed E-state index contributed by atoms with van der Waals surface area (Å²) in [4.78, 5) is 22.2. The molecule has 0 atom stereocenters. The normalized spacial score (nSPS) is 11.6. The van der Waals surface area contributed by atoms with E-state index in [1.807, 2.05) is 36.4 Å². The van der Waals surface area contributed by atoms with Crippen LogP contribution >= 0.6 is 27.5 Å². The number of H-pyrrole nitrogens is 1. The van der Waals surface area contributed by atoms with Gasteiger partial charge in [-0.3, -0.25) is 4.79 Å². The van der Waals surface area contributed by atoms with Gasteiger partial charge in [0.25, 0.3) is 5.56 Å². The van der Waals surface area contributed by atoms with Crippen LogP contribution < -0.4 is 10.9 Å². The fourth-order valence-electron chi connectivity index (χ4n) is 3.36. The van der Waals surface area contributed by atoms with Crippen LogP contribution in [0.25, 0.3) is 33.5 Å². The highest BCUT2D eigenvalue weighted by Gasteiger charge is 2.16. The van der Waals surface area contributed by atoms with Gasteiger partial charge in [0.05, 0.1) is 5.02 Å². The molecule has 8 heteroatoms. The predicted octanol–water partition coefficient (Wildman–Crippen LogP) is 5.51. The van der Waals surface area contributed by atoms with Gasteiger partial charge in [-0.15, -0.1) is 0 Å². The number of halogens is 2. The highest BCUT2D eigenvalue weighted by atomic mass is 79.9. The molecule has 0 aliphatic heterocycles. The number of hydrogen-bond acceptors (Lipinski definition) is 5. The molecule has 0 fully saturated rings. The summed E-state index contributed by atoms with van der Waals surface area (Å²) in [6, 6.07) is 11.2. The molecule has 0 saturated carbocycles. The van der Waals surface area contributed by atoms with Crippen molar-refractivity contribution >= 4 is 55.3 Å². The van der Waals surface area contributed by atoms with E-state index >= 15 is 0 Å². The topological polar surface area (TPSA) is 74.2 Å². The predicted molar refractivity (Wildman–Crippen MR) is 127 cm³/mol. The minimum atomic E-state index is -0.332. The minimum absolute atomic E-state index is 0.207. The molecule has 0 bridgehead atoms. The molecule has 2 N–H and O–H groups in total. The quantitative estimate of drug-likeness (QED) is 0.335. The lowest BCUT2D eigenvalue weighted by molar-refractivity contribution is 0.396. The van der Waals surface area contributed by atoms with Gasteiger partial charge in [0.1, 0.15) is 16.9 Å². The molecule has 4 aromatic rings. The summed E-state index contributed by atoms with van der Waals surface area (Å²) in [6.07, 6.45) is 2.21. The molecule has 0 saturated heterocycles. The summed E-state index contributed by atoms with van der Waals surface area (Å²) >= 11 is 9.98. The van der Waals surface area contributed by atoms with E-state index in [4.69, 9.17) is 16.0 Å². The van der Waals surface area contributed by atoms with Crippen molar-refractivity contribution in [2.75, 3.05) is 32.5 Å². The van der Waals surface area contributed by atoms with Crippen molar-refractivity contribution in [3.8, 4) is 11.4 Å². The van der Waals surface area contributed by atoms with Crippen molar-refractivity contribution in [3.05, 3.63) is 56.2 Å². The second-order valence-corrected chi connectivity index (χ2v) is 8.79. The molecular weight excluding hydrogens is 468 g/mol. The number of nitrogens with zero attached hydrogens (tertiary/aromatic N) is 2. The van der Waals surface area contributed by atoms with Gasteiger partial charge >= 0.3 is 0 Å². The van der Waals surface area contributed by atoms with Gasteiger partial charge in [-0.1, -0.05) is 27.5 Å². The number of aromatic nitrogens is 2. The Morgan fingerprint density at radius 1 is 1.20 bits per heavy atom. The number of benzene rings is 2. The molecule has 6 nitrogen and oxygen atoms in total. The Balaban J connectivity index is 1.61. The van der Waals surface area contributed by atoms with E-state index < -0.39 is 0 Å². The zero-order valence-electron chi connectivity index (χ0n) is 16.8. The number of rotatable bonds is 7. The van der Waals surface area contributed by atoms with Crippen molar-refractivity contribution in [2.45, 2.75) is 12.8 Å². The standard InChI is InChI=1S/C22H22BrClN4O2/c1-28(2)10-4-3-9-25-14-6-7-15(17(24)12-14)21-26-19-16-11-13(23)5-8-18(16)30-20(19)22(29)27-21/h5-8,11-12,25H,3-4,9-10H2,1-2H3,(H,26,27,29). The maximum atomic E-state index is 12.6. The largest absolute Gasteiger partial charge is 0.449 e. The lowest BCUT2D eigenvalue weighted by Gasteiger charge is -2.11. The zero-order chi connectivity index (χ0) is 21.3. The molecular formula is C22H22BrClN4O2. The first-order chi connectivity index (χ1) is 14.4. The van der Waals surface area contributed by atoms with Gasteiger partial charge in [0.15, 0.2) is 0 Å². The molecule has 2 heterocycles. The molecule has 0 aliphatic carbocycles. The smallest absolute Gasteiger partial charge is 0.294 e. The van der Waals surface area contributed by atoms with Crippen LogP contribution in [-0.2, 0) is 0 Å². The average molecular weight is 490 g/mol. The van der Waals surface area contributed by atoms with Crippen molar-refractivity contribution in [1.29, 1.82) is 0 Å². The van der Waals surface area contributed by atoms with Gasteiger partial charge in [-0.05, 0) is 69.9 Å². The number of nitrogens with one attached hydrogen (secondary N) is 2. The molecule has 30 heavy (non-hydrogen) atoms. The monoisotopic (exact) mass is 488 g/mol. The third-order valence-corrected chi connectivity index (χ3v) is 5.68. The molecule has 156 valence electrons. The number of anilines is 1. The van der Waals surface area contributed by atoms with Crippen LogP contribution in [0.5, 0.6) is 0 Å². The highest BCUT2D eigenvalue weighted by Crippen LogP contribution is 2.32. The molecule has 4 rings (SSSR count). The zero-order valence-corrected chi connectivity index (χ0v) is 19.1. The van der Waals surface area contributed by atoms with Crippen LogP contribution in [-0.4, -0.2) is 42.1 Å². The fraction of sp³-hybridized carbons (Fsp3) is 0.273. The van der Waals surface area contributed by atoms with E-state index in [-0.39, 0.29) is 11.1 Å². The second kappa shape index (κ2) is 8.79. The molecule has 0 aliphatic rings. The Kier molecular flexibility index (Phi) is 6.13. The van der Waals surface area contributed by atoms with Crippen LogP contribution in [0.2, 0.25) is 5.02 Å². The number of aromatic amines is 1. The minimum Gasteiger partial charge on any atom is -0.449 e. The number of hydrogen-bond donors (Lipinski definition) is 2. The van der Waals surface area contributed by atoms with Gasteiger partial charge < -0.3 is 19.6 Å². The first-order valence-electron chi connectivity index (χ1n) is 9.73. The number of fused-ring (bicyclic) bond motifs is 3. The van der Waals surface area contributed by atoms with E-state index in [0.717, 1.165) is 41.5 Å². The van der Waals surface area contributed by atoms with Crippen molar-refractivity contribution < 1.29 is 4.42 Å². The summed E-state index contributed by atoms with van der Waals surface area (Å²) in [5.41, 5.74) is 2.61. The summed E-state index contributed by atoms with van der Waals surface area (Å²) < 4.78 is 6.57. The van der Waals surface area contributed by atoms with E-state index in [1.165, 1.54) is 0 Å². The van der Waals surface area contributed by atoms with Gasteiger partial charge in [0, 0.05) is 27.7 Å². The van der Waals surface area contributed by atoms with Gasteiger partial charge in [-0.25, -0.2) is 4.98 Å². The van der Waals surface area contributed by atoms with Gasteiger partial charge in [-0.2, -0.15) is 0 Å². The lowest BCUT2D eigenvalue weighted by atomic mass is 10.1. The number of furan rings is 1. The Labute approximate surface area is 187 Å². The van der Waals surface area contributed by atoms with Crippen molar-refractivity contribution in [2.24, 2.45) is 0 Å². The lowest BCUT2D eigenvalue weighted by Crippen LogP contribution is -2.14.